The number of aryl methyl sites for hydroxylation is 1. The minimum atomic E-state index is -0.462. The second-order valence-electron chi connectivity index (χ2n) is 4.40. The first kappa shape index (κ1) is 11.9. The van der Waals surface area contributed by atoms with Crippen molar-refractivity contribution in [2.24, 2.45) is 5.73 Å². The van der Waals surface area contributed by atoms with Gasteiger partial charge in [-0.05, 0) is 37.0 Å². The van der Waals surface area contributed by atoms with E-state index in [0.29, 0.717) is 6.54 Å². The quantitative estimate of drug-likeness (QED) is 0.819. The van der Waals surface area contributed by atoms with Gasteiger partial charge in [0.25, 0.3) is 0 Å². The molecule has 1 aromatic rings. The molecule has 0 aromatic heterocycles. The molecular formula is C13H18N2O2. The molecule has 1 aliphatic heterocycles. The predicted molar refractivity (Wildman–Crippen MR) is 65.8 cm³/mol. The van der Waals surface area contributed by atoms with Gasteiger partial charge in [-0.25, -0.2) is 0 Å². The molecule has 1 unspecified atom stereocenters. The molecule has 3 N–H and O–H groups in total. The molecule has 2 rings (SSSR count). The Labute approximate surface area is 101 Å². The second kappa shape index (κ2) is 5.19. The van der Waals surface area contributed by atoms with Crippen LogP contribution in [0, 0.1) is 0 Å². The second-order valence-corrected chi connectivity index (χ2v) is 4.40. The highest BCUT2D eigenvalue weighted by molar-refractivity contribution is 5.80. The molecule has 1 heterocycles. The van der Waals surface area contributed by atoms with E-state index >= 15 is 0 Å². The molecule has 0 aliphatic carbocycles. The van der Waals surface area contributed by atoms with Gasteiger partial charge in [0.15, 0.2) is 0 Å². The van der Waals surface area contributed by atoms with Crippen LogP contribution >= 0.6 is 0 Å². The number of hydrogen-bond acceptors (Lipinski definition) is 3. The lowest BCUT2D eigenvalue weighted by atomic mass is 10.0. The number of carbonyl (C=O) groups excluding carboxylic acids is 1. The van der Waals surface area contributed by atoms with Gasteiger partial charge in [-0.15, -0.1) is 0 Å². The Balaban J connectivity index is 2.00. The summed E-state index contributed by atoms with van der Waals surface area (Å²) in [6.45, 7) is 3.00. The number of ether oxygens (including phenoxy) is 1. The summed E-state index contributed by atoms with van der Waals surface area (Å²) in [5.74, 6) is 0.845. The smallest absolute Gasteiger partial charge is 0.236 e. The SMILES string of the molecule is CC(N)C(=O)NCc1ccc2c(c1)CCCO2. The molecule has 1 atom stereocenters. The monoisotopic (exact) mass is 234 g/mol. The van der Waals surface area contributed by atoms with Crippen LogP contribution in [-0.2, 0) is 17.8 Å². The number of hydrogen-bond donors (Lipinski definition) is 2. The standard InChI is InChI=1S/C13H18N2O2/c1-9(14)13(16)15-8-10-4-5-12-11(7-10)3-2-6-17-12/h4-5,7,9H,2-3,6,8,14H2,1H3,(H,15,16). The first-order valence-corrected chi connectivity index (χ1v) is 5.94. The third-order valence-corrected chi connectivity index (χ3v) is 2.85. The summed E-state index contributed by atoms with van der Waals surface area (Å²) in [6, 6.07) is 5.58. The van der Waals surface area contributed by atoms with Crippen molar-refractivity contribution in [2.75, 3.05) is 6.61 Å². The van der Waals surface area contributed by atoms with Crippen molar-refractivity contribution in [3.63, 3.8) is 0 Å². The Morgan fingerprint density at radius 2 is 2.41 bits per heavy atom. The number of nitrogens with two attached hydrogens (primary N) is 1. The van der Waals surface area contributed by atoms with Gasteiger partial charge >= 0.3 is 0 Å². The highest BCUT2D eigenvalue weighted by Crippen LogP contribution is 2.25. The average Bonchev–Trinajstić information content (AvgIpc) is 2.35. The van der Waals surface area contributed by atoms with Gasteiger partial charge in [-0.1, -0.05) is 12.1 Å². The van der Waals surface area contributed by atoms with Crippen molar-refractivity contribution < 1.29 is 9.53 Å². The molecule has 4 nitrogen and oxygen atoms in total. The van der Waals surface area contributed by atoms with Crippen LogP contribution in [0.2, 0.25) is 0 Å². The molecule has 0 bridgehead atoms. The van der Waals surface area contributed by atoms with E-state index in [-0.39, 0.29) is 5.91 Å². The van der Waals surface area contributed by atoms with Crippen LogP contribution in [0.25, 0.3) is 0 Å². The zero-order chi connectivity index (χ0) is 12.3. The summed E-state index contributed by atoms with van der Waals surface area (Å²) < 4.78 is 5.53. The molecule has 4 heteroatoms. The maximum Gasteiger partial charge on any atom is 0.236 e. The Morgan fingerprint density at radius 3 is 3.18 bits per heavy atom. The van der Waals surface area contributed by atoms with Gasteiger partial charge in [0.2, 0.25) is 5.91 Å². The lowest BCUT2D eigenvalue weighted by Gasteiger charge is -2.18. The van der Waals surface area contributed by atoms with E-state index in [1.807, 2.05) is 12.1 Å². The van der Waals surface area contributed by atoms with Crippen LogP contribution in [0.1, 0.15) is 24.5 Å². The predicted octanol–water partition coefficient (Wildman–Crippen LogP) is 0.975. The molecule has 1 aromatic carbocycles. The largest absolute Gasteiger partial charge is 0.493 e. The fourth-order valence-electron chi connectivity index (χ4n) is 1.87. The third-order valence-electron chi connectivity index (χ3n) is 2.85. The van der Waals surface area contributed by atoms with E-state index in [2.05, 4.69) is 11.4 Å². The third kappa shape index (κ3) is 2.97. The number of nitrogens with one attached hydrogen (secondary N) is 1. The molecule has 0 spiro atoms. The Morgan fingerprint density at radius 1 is 1.59 bits per heavy atom. The molecule has 0 fully saturated rings. The van der Waals surface area contributed by atoms with Gasteiger partial charge in [-0.3, -0.25) is 4.79 Å². The van der Waals surface area contributed by atoms with E-state index in [4.69, 9.17) is 10.5 Å². The summed E-state index contributed by atoms with van der Waals surface area (Å²) in [6.07, 6.45) is 2.10. The average molecular weight is 234 g/mol. The Kier molecular flexibility index (Phi) is 3.64. The summed E-state index contributed by atoms with van der Waals surface area (Å²) in [7, 11) is 0. The summed E-state index contributed by atoms with van der Waals surface area (Å²) in [4.78, 5) is 11.3. The van der Waals surface area contributed by atoms with Crippen molar-refractivity contribution in [3.05, 3.63) is 29.3 Å². The molecule has 0 saturated heterocycles. The Hall–Kier alpha value is -1.55. The zero-order valence-corrected chi connectivity index (χ0v) is 10.0. The van der Waals surface area contributed by atoms with Crippen molar-refractivity contribution in [3.8, 4) is 5.75 Å². The molecule has 0 radical (unpaired) electrons. The van der Waals surface area contributed by atoms with Crippen molar-refractivity contribution in [1.82, 2.24) is 5.32 Å². The van der Waals surface area contributed by atoms with Gasteiger partial charge in [0, 0.05) is 6.54 Å². The topological polar surface area (TPSA) is 64.4 Å². The van der Waals surface area contributed by atoms with Gasteiger partial charge in [0.1, 0.15) is 5.75 Å². The maximum atomic E-state index is 11.3. The highest BCUT2D eigenvalue weighted by Gasteiger charge is 2.11. The summed E-state index contributed by atoms with van der Waals surface area (Å²) >= 11 is 0. The molecule has 1 amide bonds. The van der Waals surface area contributed by atoms with Crippen molar-refractivity contribution in [2.45, 2.75) is 32.4 Å². The lowest BCUT2D eigenvalue weighted by Crippen LogP contribution is -2.37. The van der Waals surface area contributed by atoms with E-state index in [0.717, 1.165) is 30.8 Å². The van der Waals surface area contributed by atoms with Gasteiger partial charge in [0.05, 0.1) is 12.6 Å². The normalized spacial score (nSPS) is 15.6. The van der Waals surface area contributed by atoms with Crippen LogP contribution in [-0.4, -0.2) is 18.6 Å². The number of benzene rings is 1. The van der Waals surface area contributed by atoms with Crippen LogP contribution < -0.4 is 15.8 Å². The van der Waals surface area contributed by atoms with E-state index in [1.165, 1.54) is 5.56 Å². The zero-order valence-electron chi connectivity index (χ0n) is 10.0. The Bertz CT molecular complexity index is 416. The maximum absolute atomic E-state index is 11.3. The fourth-order valence-corrected chi connectivity index (χ4v) is 1.87. The van der Waals surface area contributed by atoms with Crippen molar-refractivity contribution in [1.29, 1.82) is 0 Å². The molecule has 0 saturated carbocycles. The number of rotatable bonds is 3. The molecule has 17 heavy (non-hydrogen) atoms. The number of carbonyl (C=O) groups is 1. The summed E-state index contributed by atoms with van der Waals surface area (Å²) in [5, 5.41) is 2.80. The van der Waals surface area contributed by atoms with Crippen LogP contribution in [0.3, 0.4) is 0 Å². The van der Waals surface area contributed by atoms with Crippen LogP contribution in [0.5, 0.6) is 5.75 Å². The first-order chi connectivity index (χ1) is 8.16. The molecule has 92 valence electrons. The number of amides is 1. The minimum absolute atomic E-state index is 0.126. The van der Waals surface area contributed by atoms with Crippen molar-refractivity contribution >= 4 is 5.91 Å². The molecule has 1 aliphatic rings. The number of fused-ring (bicyclic) bond motifs is 1. The minimum Gasteiger partial charge on any atom is -0.493 e. The van der Waals surface area contributed by atoms with Crippen LogP contribution in [0.15, 0.2) is 18.2 Å². The fraction of sp³-hybridized carbons (Fsp3) is 0.462. The van der Waals surface area contributed by atoms with E-state index < -0.39 is 6.04 Å². The van der Waals surface area contributed by atoms with Crippen LogP contribution in [0.4, 0.5) is 0 Å². The first-order valence-electron chi connectivity index (χ1n) is 5.94. The van der Waals surface area contributed by atoms with E-state index in [9.17, 15) is 4.79 Å². The van der Waals surface area contributed by atoms with Gasteiger partial charge in [-0.2, -0.15) is 0 Å². The molecular weight excluding hydrogens is 216 g/mol. The van der Waals surface area contributed by atoms with Gasteiger partial charge < -0.3 is 15.8 Å². The summed E-state index contributed by atoms with van der Waals surface area (Å²) in [5.41, 5.74) is 7.79. The van der Waals surface area contributed by atoms with E-state index in [1.54, 1.807) is 6.92 Å². The highest BCUT2D eigenvalue weighted by atomic mass is 16.5. The lowest BCUT2D eigenvalue weighted by molar-refractivity contribution is -0.122.